The van der Waals surface area contributed by atoms with Gasteiger partial charge in [-0.3, -0.25) is 18.5 Å². The summed E-state index contributed by atoms with van der Waals surface area (Å²) < 4.78 is 18.5. The Labute approximate surface area is 161 Å². The number of piperazine rings is 1. The SMILES string of the molecule is Cn1c(=O)c2c(nc(N3CC[NH+](C)CC3)n2Cc2ccccc2F)n(C)c1=O. The van der Waals surface area contributed by atoms with Crippen molar-refractivity contribution in [3.05, 3.63) is 56.5 Å². The summed E-state index contributed by atoms with van der Waals surface area (Å²) in [5.74, 6) is 0.267. The first-order chi connectivity index (χ1) is 13.4. The summed E-state index contributed by atoms with van der Waals surface area (Å²) in [4.78, 5) is 33.5. The Morgan fingerprint density at radius 2 is 1.79 bits per heavy atom. The topological polar surface area (TPSA) is 69.5 Å². The quantitative estimate of drug-likeness (QED) is 0.623. The summed E-state index contributed by atoms with van der Waals surface area (Å²) >= 11 is 0. The van der Waals surface area contributed by atoms with Crippen LogP contribution in [0.25, 0.3) is 11.2 Å². The summed E-state index contributed by atoms with van der Waals surface area (Å²) in [5.41, 5.74) is 0.258. The molecule has 0 saturated carbocycles. The van der Waals surface area contributed by atoms with Crippen molar-refractivity contribution in [2.75, 3.05) is 38.1 Å². The predicted molar refractivity (Wildman–Crippen MR) is 105 cm³/mol. The van der Waals surface area contributed by atoms with E-state index in [9.17, 15) is 14.0 Å². The molecule has 0 amide bonds. The van der Waals surface area contributed by atoms with Gasteiger partial charge in [-0.2, -0.15) is 4.98 Å². The van der Waals surface area contributed by atoms with E-state index in [0.29, 0.717) is 22.7 Å². The fourth-order valence-electron chi connectivity index (χ4n) is 3.71. The number of quaternary nitrogens is 1. The lowest BCUT2D eigenvalue weighted by Crippen LogP contribution is -3.12. The van der Waals surface area contributed by atoms with E-state index < -0.39 is 11.2 Å². The summed E-state index contributed by atoms with van der Waals surface area (Å²) in [6.07, 6.45) is 0. The van der Waals surface area contributed by atoms with Gasteiger partial charge in [0.2, 0.25) is 5.95 Å². The third-order valence-corrected chi connectivity index (χ3v) is 5.51. The maximum Gasteiger partial charge on any atom is 0.332 e. The number of aromatic nitrogens is 4. The lowest BCUT2D eigenvalue weighted by Gasteiger charge is -2.31. The summed E-state index contributed by atoms with van der Waals surface area (Å²) in [5, 5.41) is 0. The van der Waals surface area contributed by atoms with E-state index in [1.165, 1.54) is 22.6 Å². The van der Waals surface area contributed by atoms with Crippen LogP contribution in [-0.2, 0) is 20.6 Å². The smallest absolute Gasteiger partial charge is 0.332 e. The van der Waals surface area contributed by atoms with Gasteiger partial charge in [0.05, 0.1) is 39.8 Å². The van der Waals surface area contributed by atoms with E-state index in [2.05, 4.69) is 16.9 Å². The summed E-state index contributed by atoms with van der Waals surface area (Å²) in [6.45, 7) is 3.62. The number of hydrogen-bond acceptors (Lipinski definition) is 4. The zero-order valence-corrected chi connectivity index (χ0v) is 16.3. The molecule has 0 atom stereocenters. The molecule has 0 unspecified atom stereocenters. The number of anilines is 1. The summed E-state index contributed by atoms with van der Waals surface area (Å²) in [6, 6.07) is 6.51. The van der Waals surface area contributed by atoms with Crippen molar-refractivity contribution in [1.29, 1.82) is 0 Å². The molecule has 0 spiro atoms. The Hall–Kier alpha value is -2.94. The van der Waals surface area contributed by atoms with Crippen LogP contribution in [0.1, 0.15) is 5.56 Å². The molecule has 0 bridgehead atoms. The molecule has 3 aromatic rings. The average Bonchev–Trinajstić information content (AvgIpc) is 3.06. The van der Waals surface area contributed by atoms with Crippen LogP contribution in [0.4, 0.5) is 10.3 Å². The molecule has 28 heavy (non-hydrogen) atoms. The van der Waals surface area contributed by atoms with Gasteiger partial charge in [0.25, 0.3) is 5.56 Å². The minimum absolute atomic E-state index is 0.172. The normalized spacial score (nSPS) is 15.5. The maximum absolute atomic E-state index is 14.3. The molecule has 8 nitrogen and oxygen atoms in total. The number of halogens is 1. The lowest BCUT2D eigenvalue weighted by atomic mass is 10.2. The molecule has 0 radical (unpaired) electrons. The largest absolute Gasteiger partial charge is 0.334 e. The predicted octanol–water partition coefficient (Wildman–Crippen LogP) is -1.04. The van der Waals surface area contributed by atoms with Crippen LogP contribution in [0.3, 0.4) is 0 Å². The van der Waals surface area contributed by atoms with Gasteiger partial charge in [-0.25, -0.2) is 9.18 Å². The molecule has 1 saturated heterocycles. The highest BCUT2D eigenvalue weighted by Crippen LogP contribution is 2.22. The molecule has 2 aromatic heterocycles. The van der Waals surface area contributed by atoms with Crippen molar-refractivity contribution in [2.45, 2.75) is 6.54 Å². The molecule has 0 aliphatic carbocycles. The van der Waals surface area contributed by atoms with Crippen molar-refractivity contribution in [2.24, 2.45) is 14.1 Å². The highest BCUT2D eigenvalue weighted by Gasteiger charge is 2.26. The van der Waals surface area contributed by atoms with E-state index >= 15 is 0 Å². The van der Waals surface area contributed by atoms with Crippen LogP contribution in [0.5, 0.6) is 0 Å². The molecule has 9 heteroatoms. The van der Waals surface area contributed by atoms with Gasteiger partial charge in [0.15, 0.2) is 11.2 Å². The zero-order valence-electron chi connectivity index (χ0n) is 16.3. The first-order valence-electron chi connectivity index (χ1n) is 9.34. The number of nitrogens with zero attached hydrogens (tertiary/aromatic N) is 5. The highest BCUT2D eigenvalue weighted by molar-refractivity contribution is 5.74. The molecule has 1 aromatic carbocycles. The third-order valence-electron chi connectivity index (χ3n) is 5.51. The maximum atomic E-state index is 14.3. The molecule has 1 fully saturated rings. The third kappa shape index (κ3) is 2.91. The Bertz CT molecular complexity index is 1150. The molecule has 1 aliphatic heterocycles. The number of likely N-dealkylation sites (N-methyl/N-ethyl adjacent to an activating group) is 1. The zero-order chi connectivity index (χ0) is 20.0. The van der Waals surface area contributed by atoms with Gasteiger partial charge in [0.1, 0.15) is 5.82 Å². The molecular formula is C19H24FN6O2+. The van der Waals surface area contributed by atoms with Gasteiger partial charge in [0, 0.05) is 19.7 Å². The monoisotopic (exact) mass is 387 g/mol. The Kier molecular flexibility index (Phi) is 4.54. The minimum atomic E-state index is -0.428. The van der Waals surface area contributed by atoms with Crippen LogP contribution in [0, 0.1) is 5.82 Å². The van der Waals surface area contributed by atoms with Crippen LogP contribution >= 0.6 is 0 Å². The van der Waals surface area contributed by atoms with Gasteiger partial charge < -0.3 is 9.80 Å². The fraction of sp³-hybridized carbons (Fsp3) is 0.421. The Morgan fingerprint density at radius 3 is 2.46 bits per heavy atom. The number of fused-ring (bicyclic) bond motifs is 1. The van der Waals surface area contributed by atoms with Crippen LogP contribution < -0.4 is 21.0 Å². The molecular weight excluding hydrogens is 363 g/mol. The molecule has 4 rings (SSSR count). The van der Waals surface area contributed by atoms with Gasteiger partial charge in [-0.15, -0.1) is 0 Å². The lowest BCUT2D eigenvalue weighted by molar-refractivity contribution is -0.880. The van der Waals surface area contributed by atoms with Crippen molar-refractivity contribution >= 4 is 17.1 Å². The number of rotatable bonds is 3. The molecule has 1 N–H and O–H groups in total. The van der Waals surface area contributed by atoms with E-state index in [-0.39, 0.29) is 12.4 Å². The van der Waals surface area contributed by atoms with Crippen LogP contribution in [0.2, 0.25) is 0 Å². The van der Waals surface area contributed by atoms with Crippen LogP contribution in [0.15, 0.2) is 33.9 Å². The minimum Gasteiger partial charge on any atom is -0.334 e. The van der Waals surface area contributed by atoms with Gasteiger partial charge in [-0.1, -0.05) is 18.2 Å². The first kappa shape index (κ1) is 18.4. The fourth-order valence-corrected chi connectivity index (χ4v) is 3.71. The van der Waals surface area contributed by atoms with E-state index in [1.807, 2.05) is 0 Å². The number of hydrogen-bond donors (Lipinski definition) is 1. The van der Waals surface area contributed by atoms with Crippen molar-refractivity contribution in [1.82, 2.24) is 18.7 Å². The standard InChI is InChI=1S/C19H23FN6O2/c1-22-8-10-25(11-9-22)18-21-16-15(17(27)24(3)19(28)23(16)2)26(18)12-13-6-4-5-7-14(13)20/h4-7H,8-12H2,1-3H3/p+1. The van der Waals surface area contributed by atoms with Crippen LogP contribution in [-0.4, -0.2) is 51.9 Å². The van der Waals surface area contributed by atoms with E-state index in [4.69, 9.17) is 0 Å². The molecule has 148 valence electrons. The highest BCUT2D eigenvalue weighted by atomic mass is 19.1. The molecule has 3 heterocycles. The molecule has 1 aliphatic rings. The van der Waals surface area contributed by atoms with E-state index in [0.717, 1.165) is 30.7 Å². The average molecular weight is 387 g/mol. The second-order valence-corrected chi connectivity index (χ2v) is 7.41. The second kappa shape index (κ2) is 6.90. The number of imidazole rings is 1. The number of benzene rings is 1. The van der Waals surface area contributed by atoms with Crippen molar-refractivity contribution in [3.63, 3.8) is 0 Å². The number of nitrogens with one attached hydrogen (secondary N) is 1. The van der Waals surface area contributed by atoms with Gasteiger partial charge >= 0.3 is 5.69 Å². The Morgan fingerprint density at radius 1 is 1.11 bits per heavy atom. The van der Waals surface area contributed by atoms with E-state index in [1.54, 1.807) is 29.8 Å². The van der Waals surface area contributed by atoms with Crippen molar-refractivity contribution < 1.29 is 9.29 Å². The van der Waals surface area contributed by atoms with Gasteiger partial charge in [-0.05, 0) is 6.07 Å². The number of aryl methyl sites for hydroxylation is 1. The summed E-state index contributed by atoms with van der Waals surface area (Å²) in [7, 11) is 5.19. The van der Waals surface area contributed by atoms with Crippen molar-refractivity contribution in [3.8, 4) is 0 Å². The Balaban J connectivity index is 1.96. The second-order valence-electron chi connectivity index (χ2n) is 7.41. The first-order valence-corrected chi connectivity index (χ1v) is 9.34.